The molecule has 0 aromatic rings. The predicted molar refractivity (Wildman–Crippen MR) is 50.1 cm³/mol. The maximum absolute atomic E-state index is 9.94. The van der Waals surface area contributed by atoms with Crippen LogP contribution >= 0.6 is 11.6 Å². The van der Waals surface area contributed by atoms with E-state index in [9.17, 15) is 5.11 Å². The van der Waals surface area contributed by atoms with Crippen LogP contribution in [0.15, 0.2) is 0 Å². The highest BCUT2D eigenvalue weighted by atomic mass is 35.5. The normalized spacial score (nSPS) is 48.5. The smallest absolute Gasteiger partial charge is 0.141 e. The molecule has 0 saturated heterocycles. The third kappa shape index (κ3) is 1.49. The summed E-state index contributed by atoms with van der Waals surface area (Å²) in [6.07, 6.45) is 8.24. The van der Waals surface area contributed by atoms with E-state index in [-0.39, 0.29) is 0 Å². The van der Waals surface area contributed by atoms with E-state index in [4.69, 9.17) is 11.6 Å². The first kappa shape index (κ1) is 8.83. The van der Waals surface area contributed by atoms with Gasteiger partial charge in [0.05, 0.1) is 0 Å². The third-order valence-corrected chi connectivity index (χ3v) is 4.05. The van der Waals surface area contributed by atoms with E-state index in [2.05, 4.69) is 0 Å². The largest absolute Gasteiger partial charge is 0.375 e. The van der Waals surface area contributed by atoms with Crippen LogP contribution in [0, 0.1) is 11.8 Å². The van der Waals surface area contributed by atoms with Gasteiger partial charge in [0, 0.05) is 5.92 Å². The fourth-order valence-electron chi connectivity index (χ4n) is 2.93. The lowest BCUT2D eigenvalue weighted by atomic mass is 9.69. The van der Waals surface area contributed by atoms with Crippen LogP contribution in [0.3, 0.4) is 0 Å². The van der Waals surface area contributed by atoms with E-state index < -0.39 is 5.06 Å². The van der Waals surface area contributed by atoms with E-state index in [1.165, 1.54) is 25.7 Å². The molecule has 12 heavy (non-hydrogen) atoms. The summed E-state index contributed by atoms with van der Waals surface area (Å²) in [6, 6.07) is 0. The quantitative estimate of drug-likeness (QED) is 0.580. The fraction of sp³-hybridized carbons (Fsp3) is 1.00. The lowest BCUT2D eigenvalue weighted by molar-refractivity contribution is -0.0238. The molecule has 0 aliphatic heterocycles. The lowest BCUT2D eigenvalue weighted by Gasteiger charge is -2.43. The number of hydrogen-bond acceptors (Lipinski definition) is 1. The van der Waals surface area contributed by atoms with Gasteiger partial charge in [0.2, 0.25) is 0 Å². The predicted octanol–water partition coefficient (Wildman–Crippen LogP) is 2.90. The molecule has 0 aromatic heterocycles. The molecular weight excluding hydrogens is 172 g/mol. The zero-order valence-electron chi connectivity index (χ0n) is 7.43. The van der Waals surface area contributed by atoms with Crippen molar-refractivity contribution in [2.75, 3.05) is 0 Å². The van der Waals surface area contributed by atoms with Gasteiger partial charge in [-0.2, -0.15) is 0 Å². The maximum atomic E-state index is 9.94. The fourth-order valence-corrected chi connectivity index (χ4v) is 3.35. The molecule has 1 N–H and O–H groups in total. The van der Waals surface area contributed by atoms with Crippen LogP contribution in [-0.4, -0.2) is 10.2 Å². The maximum Gasteiger partial charge on any atom is 0.141 e. The Bertz CT molecular complexity index is 165. The zero-order chi connectivity index (χ0) is 8.60. The SMILES string of the molecule is OC1(Cl)CCCC2CCCCC21. The van der Waals surface area contributed by atoms with Gasteiger partial charge in [-0.15, -0.1) is 0 Å². The van der Waals surface area contributed by atoms with Crippen LogP contribution in [0.25, 0.3) is 0 Å². The lowest BCUT2D eigenvalue weighted by Crippen LogP contribution is -2.42. The Morgan fingerprint density at radius 1 is 1.08 bits per heavy atom. The van der Waals surface area contributed by atoms with Crippen LogP contribution in [0.4, 0.5) is 0 Å². The summed E-state index contributed by atoms with van der Waals surface area (Å²) in [5.74, 6) is 1.11. The summed E-state index contributed by atoms with van der Waals surface area (Å²) < 4.78 is 0. The van der Waals surface area contributed by atoms with Crippen molar-refractivity contribution in [3.05, 3.63) is 0 Å². The highest BCUT2D eigenvalue weighted by Gasteiger charge is 2.43. The number of halogens is 1. The van der Waals surface area contributed by atoms with E-state index >= 15 is 0 Å². The highest BCUT2D eigenvalue weighted by Crippen LogP contribution is 2.47. The molecule has 0 amide bonds. The topological polar surface area (TPSA) is 20.2 Å². The molecule has 3 atom stereocenters. The van der Waals surface area contributed by atoms with Crippen molar-refractivity contribution in [3.8, 4) is 0 Å². The Morgan fingerprint density at radius 3 is 2.50 bits per heavy atom. The Hall–Kier alpha value is 0.250. The molecule has 2 rings (SSSR count). The molecule has 2 heteroatoms. The molecule has 0 bridgehead atoms. The number of alkyl halides is 1. The first-order chi connectivity index (χ1) is 5.70. The minimum atomic E-state index is -0.858. The van der Waals surface area contributed by atoms with Crippen LogP contribution < -0.4 is 0 Å². The van der Waals surface area contributed by atoms with Crippen molar-refractivity contribution in [2.45, 2.75) is 50.0 Å². The van der Waals surface area contributed by atoms with Crippen molar-refractivity contribution in [3.63, 3.8) is 0 Å². The van der Waals surface area contributed by atoms with E-state index in [1.54, 1.807) is 0 Å². The van der Waals surface area contributed by atoms with Gasteiger partial charge in [-0.25, -0.2) is 0 Å². The van der Waals surface area contributed by atoms with Gasteiger partial charge >= 0.3 is 0 Å². The van der Waals surface area contributed by atoms with Gasteiger partial charge in [0.25, 0.3) is 0 Å². The van der Waals surface area contributed by atoms with Crippen LogP contribution in [0.2, 0.25) is 0 Å². The van der Waals surface area contributed by atoms with Crippen molar-refractivity contribution in [1.29, 1.82) is 0 Å². The molecule has 2 saturated carbocycles. The summed E-state index contributed by atoms with van der Waals surface area (Å²) in [5.41, 5.74) is 0. The minimum absolute atomic E-state index is 0.390. The molecule has 0 heterocycles. The molecule has 2 aliphatic carbocycles. The molecule has 3 unspecified atom stereocenters. The molecule has 0 spiro atoms. The molecule has 2 aliphatic rings. The molecule has 70 valence electrons. The molecular formula is C10H17ClO. The summed E-state index contributed by atoms with van der Waals surface area (Å²) in [6.45, 7) is 0. The van der Waals surface area contributed by atoms with Crippen molar-refractivity contribution in [2.24, 2.45) is 11.8 Å². The second kappa shape index (κ2) is 3.19. The van der Waals surface area contributed by atoms with Crippen molar-refractivity contribution in [1.82, 2.24) is 0 Å². The Kier molecular flexibility index (Phi) is 2.35. The number of hydrogen-bond donors (Lipinski definition) is 1. The summed E-state index contributed by atoms with van der Waals surface area (Å²) in [7, 11) is 0. The van der Waals surface area contributed by atoms with E-state index in [0.29, 0.717) is 5.92 Å². The Balaban J connectivity index is 2.09. The van der Waals surface area contributed by atoms with E-state index in [0.717, 1.165) is 25.2 Å². The summed E-state index contributed by atoms with van der Waals surface area (Å²) in [4.78, 5) is 0. The second-order valence-electron chi connectivity index (χ2n) is 4.36. The molecule has 2 fully saturated rings. The molecule has 0 radical (unpaired) electrons. The Labute approximate surface area is 79.1 Å². The number of rotatable bonds is 0. The van der Waals surface area contributed by atoms with Crippen LogP contribution in [0.1, 0.15) is 44.9 Å². The molecule has 0 aromatic carbocycles. The van der Waals surface area contributed by atoms with Gasteiger partial charge in [-0.1, -0.05) is 30.9 Å². The van der Waals surface area contributed by atoms with Crippen LogP contribution in [0.5, 0.6) is 0 Å². The minimum Gasteiger partial charge on any atom is -0.375 e. The third-order valence-electron chi connectivity index (χ3n) is 3.58. The highest BCUT2D eigenvalue weighted by molar-refractivity contribution is 6.22. The van der Waals surface area contributed by atoms with Gasteiger partial charge < -0.3 is 5.11 Å². The molecule has 1 nitrogen and oxygen atoms in total. The van der Waals surface area contributed by atoms with Gasteiger partial charge in [-0.05, 0) is 31.6 Å². The monoisotopic (exact) mass is 188 g/mol. The number of fused-ring (bicyclic) bond motifs is 1. The van der Waals surface area contributed by atoms with Gasteiger partial charge in [0.15, 0.2) is 0 Å². The first-order valence-electron chi connectivity index (χ1n) is 5.11. The number of aliphatic hydroxyl groups is 1. The van der Waals surface area contributed by atoms with E-state index in [1.807, 2.05) is 0 Å². The Morgan fingerprint density at radius 2 is 1.75 bits per heavy atom. The first-order valence-corrected chi connectivity index (χ1v) is 5.49. The van der Waals surface area contributed by atoms with Gasteiger partial charge in [-0.3, -0.25) is 0 Å². The van der Waals surface area contributed by atoms with Crippen LogP contribution in [-0.2, 0) is 0 Å². The summed E-state index contributed by atoms with van der Waals surface area (Å²) >= 11 is 6.10. The zero-order valence-corrected chi connectivity index (χ0v) is 8.19. The van der Waals surface area contributed by atoms with Crippen molar-refractivity contribution >= 4 is 11.6 Å². The second-order valence-corrected chi connectivity index (χ2v) is 5.02. The van der Waals surface area contributed by atoms with Gasteiger partial charge in [0.1, 0.15) is 5.06 Å². The summed E-state index contributed by atoms with van der Waals surface area (Å²) in [5, 5.41) is 9.08. The van der Waals surface area contributed by atoms with Crippen molar-refractivity contribution < 1.29 is 5.11 Å². The standard InChI is InChI=1S/C10H17ClO/c11-10(12)7-3-5-8-4-1-2-6-9(8)10/h8-9,12H,1-7H2. The average molecular weight is 189 g/mol. The average Bonchev–Trinajstić information content (AvgIpc) is 2.04.